The first kappa shape index (κ1) is 17.6. The van der Waals surface area contributed by atoms with Crippen LogP contribution in [-0.2, 0) is 11.3 Å². The van der Waals surface area contributed by atoms with Crippen molar-refractivity contribution in [2.45, 2.75) is 6.54 Å². The number of carbonyl (C=O) groups is 1. The van der Waals surface area contributed by atoms with Gasteiger partial charge in [-0.3, -0.25) is 14.2 Å². The molecule has 8 heteroatoms. The predicted molar refractivity (Wildman–Crippen MR) is 110 cm³/mol. The summed E-state index contributed by atoms with van der Waals surface area (Å²) in [6.07, 6.45) is 3.15. The summed E-state index contributed by atoms with van der Waals surface area (Å²) in [5, 5.41) is 6.10. The molecule has 134 valence electrons. The quantitative estimate of drug-likeness (QED) is 0.521. The summed E-state index contributed by atoms with van der Waals surface area (Å²) >= 11 is 4.90. The lowest BCUT2D eigenvalue weighted by atomic mass is 10.2. The number of anilines is 1. The molecule has 0 unspecified atom stereocenters. The Kier molecular flexibility index (Phi) is 4.83. The van der Waals surface area contributed by atoms with Crippen LogP contribution in [0.4, 0.5) is 5.69 Å². The van der Waals surface area contributed by atoms with Gasteiger partial charge in [0.1, 0.15) is 11.6 Å². The molecule has 1 N–H and O–H groups in total. The normalized spacial score (nSPS) is 10.9. The molecule has 0 saturated carbocycles. The van der Waals surface area contributed by atoms with Gasteiger partial charge in [0.15, 0.2) is 0 Å². The number of halogens is 1. The molecule has 0 aliphatic heterocycles. The maximum absolute atomic E-state index is 12.6. The van der Waals surface area contributed by atoms with Gasteiger partial charge in [0.05, 0.1) is 17.2 Å². The second-order valence-electron chi connectivity index (χ2n) is 5.80. The lowest BCUT2D eigenvalue weighted by Gasteiger charge is -2.08. The van der Waals surface area contributed by atoms with Gasteiger partial charge in [-0.15, -0.1) is 11.3 Å². The highest BCUT2D eigenvalue weighted by atomic mass is 79.9. The Labute approximate surface area is 166 Å². The molecular formula is C19H13BrN4O2S. The van der Waals surface area contributed by atoms with Crippen molar-refractivity contribution >= 4 is 49.8 Å². The molecular weight excluding hydrogens is 428 g/mol. The van der Waals surface area contributed by atoms with E-state index >= 15 is 0 Å². The molecule has 0 atom stereocenters. The summed E-state index contributed by atoms with van der Waals surface area (Å²) in [5.41, 5.74) is 1.99. The lowest BCUT2D eigenvalue weighted by Crippen LogP contribution is -2.27. The number of hydrogen-bond acceptors (Lipinski definition) is 5. The van der Waals surface area contributed by atoms with Crippen LogP contribution in [0.25, 0.3) is 21.5 Å². The van der Waals surface area contributed by atoms with Crippen LogP contribution in [0, 0.1) is 0 Å². The Hall–Kier alpha value is -2.84. The van der Waals surface area contributed by atoms with Crippen LogP contribution in [0.15, 0.2) is 69.6 Å². The number of benzene rings is 2. The average molecular weight is 441 g/mol. The van der Waals surface area contributed by atoms with E-state index in [1.807, 2.05) is 35.7 Å². The summed E-state index contributed by atoms with van der Waals surface area (Å²) in [4.78, 5) is 33.4. The first-order valence-electron chi connectivity index (χ1n) is 8.04. The number of carbonyl (C=O) groups excluding carboxylic acids is 1. The topological polar surface area (TPSA) is 76.9 Å². The first-order valence-corrected chi connectivity index (χ1v) is 9.72. The van der Waals surface area contributed by atoms with Gasteiger partial charge in [-0.25, -0.2) is 9.97 Å². The van der Waals surface area contributed by atoms with E-state index in [1.165, 1.54) is 10.9 Å². The molecule has 27 heavy (non-hydrogen) atoms. The van der Waals surface area contributed by atoms with Crippen molar-refractivity contribution in [3.8, 4) is 10.6 Å². The Morgan fingerprint density at radius 2 is 1.96 bits per heavy atom. The highest BCUT2D eigenvalue weighted by Gasteiger charge is 2.09. The van der Waals surface area contributed by atoms with E-state index < -0.39 is 0 Å². The lowest BCUT2D eigenvalue weighted by molar-refractivity contribution is -0.116. The molecule has 0 saturated heterocycles. The monoisotopic (exact) mass is 440 g/mol. The molecule has 4 aromatic rings. The van der Waals surface area contributed by atoms with Crippen LogP contribution in [0.2, 0.25) is 0 Å². The SMILES string of the molecule is O=C(Cn1cnc2ccc(Br)cc2c1=O)Nc1ccc(-c2nccs2)cc1. The van der Waals surface area contributed by atoms with Gasteiger partial charge in [-0.05, 0) is 42.5 Å². The molecule has 2 aromatic carbocycles. The van der Waals surface area contributed by atoms with Crippen LogP contribution in [0.3, 0.4) is 0 Å². The molecule has 0 spiro atoms. The van der Waals surface area contributed by atoms with Gasteiger partial charge < -0.3 is 5.32 Å². The highest BCUT2D eigenvalue weighted by Crippen LogP contribution is 2.23. The summed E-state index contributed by atoms with van der Waals surface area (Å²) in [6, 6.07) is 12.7. The average Bonchev–Trinajstić information content (AvgIpc) is 3.20. The second kappa shape index (κ2) is 7.42. The molecule has 0 aliphatic rings. The minimum Gasteiger partial charge on any atom is -0.325 e. The van der Waals surface area contributed by atoms with Gasteiger partial charge >= 0.3 is 0 Å². The van der Waals surface area contributed by atoms with E-state index in [0.717, 1.165) is 15.0 Å². The van der Waals surface area contributed by atoms with Crippen molar-refractivity contribution in [3.05, 3.63) is 75.2 Å². The molecule has 6 nitrogen and oxygen atoms in total. The molecule has 1 amide bonds. The van der Waals surface area contributed by atoms with E-state index in [9.17, 15) is 9.59 Å². The summed E-state index contributed by atoms with van der Waals surface area (Å²) in [5.74, 6) is -0.296. The molecule has 0 radical (unpaired) electrons. The maximum Gasteiger partial charge on any atom is 0.261 e. The number of hydrogen-bond donors (Lipinski definition) is 1. The second-order valence-corrected chi connectivity index (χ2v) is 7.61. The van der Waals surface area contributed by atoms with Crippen LogP contribution in [-0.4, -0.2) is 20.4 Å². The van der Waals surface area contributed by atoms with E-state index in [1.54, 1.807) is 29.7 Å². The van der Waals surface area contributed by atoms with Crippen molar-refractivity contribution in [1.82, 2.24) is 14.5 Å². The van der Waals surface area contributed by atoms with Crippen molar-refractivity contribution in [2.75, 3.05) is 5.32 Å². The van der Waals surface area contributed by atoms with Gasteiger partial charge in [0, 0.05) is 27.3 Å². The Bertz CT molecular complexity index is 1170. The fraction of sp³-hybridized carbons (Fsp3) is 0.0526. The zero-order valence-electron chi connectivity index (χ0n) is 13.9. The highest BCUT2D eigenvalue weighted by molar-refractivity contribution is 9.10. The van der Waals surface area contributed by atoms with E-state index in [0.29, 0.717) is 16.6 Å². The number of nitrogens with one attached hydrogen (secondary N) is 1. The largest absolute Gasteiger partial charge is 0.325 e. The van der Waals surface area contributed by atoms with Crippen molar-refractivity contribution < 1.29 is 4.79 Å². The number of thiazole rings is 1. The number of nitrogens with zero attached hydrogens (tertiary/aromatic N) is 3. The smallest absolute Gasteiger partial charge is 0.261 e. The van der Waals surface area contributed by atoms with Gasteiger partial charge in [-0.1, -0.05) is 15.9 Å². The maximum atomic E-state index is 12.6. The van der Waals surface area contributed by atoms with Crippen LogP contribution in [0.1, 0.15) is 0 Å². The van der Waals surface area contributed by atoms with Crippen LogP contribution >= 0.6 is 27.3 Å². The molecule has 0 fully saturated rings. The van der Waals surface area contributed by atoms with Crippen molar-refractivity contribution in [2.24, 2.45) is 0 Å². The third-order valence-corrected chi connectivity index (χ3v) is 5.26. The van der Waals surface area contributed by atoms with Gasteiger partial charge in [0.25, 0.3) is 5.56 Å². The minimum atomic E-state index is -0.296. The summed E-state index contributed by atoms with van der Waals surface area (Å²) < 4.78 is 2.09. The van der Waals surface area contributed by atoms with Crippen molar-refractivity contribution in [1.29, 1.82) is 0 Å². The van der Waals surface area contributed by atoms with Crippen LogP contribution in [0.5, 0.6) is 0 Å². The fourth-order valence-corrected chi connectivity index (χ4v) is 3.67. The van der Waals surface area contributed by atoms with Crippen LogP contribution < -0.4 is 10.9 Å². The van der Waals surface area contributed by atoms with Crippen molar-refractivity contribution in [3.63, 3.8) is 0 Å². The summed E-state index contributed by atoms with van der Waals surface area (Å²) in [7, 11) is 0. The Balaban J connectivity index is 1.50. The van der Waals surface area contributed by atoms with Gasteiger partial charge in [0.2, 0.25) is 5.91 Å². The number of aromatic nitrogens is 3. The predicted octanol–water partition coefficient (Wildman–Crippen LogP) is 3.92. The minimum absolute atomic E-state index is 0.109. The fourth-order valence-electron chi connectivity index (χ4n) is 2.66. The standard InChI is InChI=1S/C19H13BrN4O2S/c20-13-3-6-16-15(9-13)19(26)24(11-22-16)10-17(25)23-14-4-1-12(2-5-14)18-21-7-8-27-18/h1-9,11H,10H2,(H,23,25). The number of fused-ring (bicyclic) bond motifs is 1. The first-order chi connectivity index (χ1) is 13.1. The third kappa shape index (κ3) is 3.81. The molecule has 0 aliphatic carbocycles. The molecule has 2 aromatic heterocycles. The van der Waals surface area contributed by atoms with E-state index in [-0.39, 0.29) is 18.0 Å². The number of amides is 1. The zero-order chi connectivity index (χ0) is 18.8. The van der Waals surface area contributed by atoms with Gasteiger partial charge in [-0.2, -0.15) is 0 Å². The molecule has 0 bridgehead atoms. The third-order valence-electron chi connectivity index (χ3n) is 3.95. The number of rotatable bonds is 4. The molecule has 4 rings (SSSR count). The Morgan fingerprint density at radius 1 is 1.15 bits per heavy atom. The zero-order valence-corrected chi connectivity index (χ0v) is 16.3. The Morgan fingerprint density at radius 3 is 2.70 bits per heavy atom. The molecule has 2 heterocycles. The summed E-state index contributed by atoms with van der Waals surface area (Å²) in [6.45, 7) is -0.109. The van der Waals surface area contributed by atoms with E-state index in [2.05, 4.69) is 31.2 Å². The van der Waals surface area contributed by atoms with E-state index in [4.69, 9.17) is 0 Å².